The molecule has 7 aromatic carbocycles. The van der Waals surface area contributed by atoms with Crippen LogP contribution in [0.1, 0.15) is 0 Å². The van der Waals surface area contributed by atoms with E-state index in [4.69, 9.17) is 0 Å². The molecule has 2 nitrogen and oxygen atoms in total. The van der Waals surface area contributed by atoms with Crippen molar-refractivity contribution in [3.05, 3.63) is 152 Å². The number of hydrogen-bond donors (Lipinski definition) is 1. The van der Waals surface area contributed by atoms with Gasteiger partial charge in [-0.2, -0.15) is 0 Å². The Hall–Kier alpha value is -5.60. The second-order valence-corrected chi connectivity index (χ2v) is 11.1. The van der Waals surface area contributed by atoms with Gasteiger partial charge in [-0.1, -0.05) is 109 Å². The monoisotopic (exact) mass is 534 g/mol. The lowest BCUT2D eigenvalue weighted by Gasteiger charge is -2.11. The zero-order chi connectivity index (χ0) is 27.6. The number of rotatable bonds is 3. The first-order valence-electron chi connectivity index (χ1n) is 14.5. The van der Waals surface area contributed by atoms with Crippen molar-refractivity contribution in [2.45, 2.75) is 0 Å². The van der Waals surface area contributed by atoms with Gasteiger partial charge in [0.2, 0.25) is 0 Å². The molecule has 9 rings (SSSR count). The molecule has 196 valence electrons. The van der Waals surface area contributed by atoms with Crippen molar-refractivity contribution < 1.29 is 0 Å². The van der Waals surface area contributed by atoms with E-state index in [1.165, 1.54) is 82.3 Å². The lowest BCUT2D eigenvalue weighted by Crippen LogP contribution is -1.92. The number of aromatic amines is 1. The average Bonchev–Trinajstić information content (AvgIpc) is 3.60. The number of hydrogen-bond acceptors (Lipinski definition) is 0. The van der Waals surface area contributed by atoms with E-state index in [0.29, 0.717) is 0 Å². The number of H-pyrrole nitrogens is 1. The van der Waals surface area contributed by atoms with E-state index in [1.807, 2.05) is 0 Å². The third-order valence-electron chi connectivity index (χ3n) is 8.73. The van der Waals surface area contributed by atoms with Crippen molar-refractivity contribution in [1.82, 2.24) is 9.55 Å². The fraction of sp³-hybridized carbons (Fsp3) is 0. The topological polar surface area (TPSA) is 20.7 Å². The molecule has 0 atom stereocenters. The third-order valence-corrected chi connectivity index (χ3v) is 8.73. The molecule has 0 unspecified atom stereocenters. The summed E-state index contributed by atoms with van der Waals surface area (Å²) in [5.74, 6) is 0. The fourth-order valence-electron chi connectivity index (χ4n) is 6.81. The van der Waals surface area contributed by atoms with Crippen molar-refractivity contribution in [3.63, 3.8) is 0 Å². The van der Waals surface area contributed by atoms with Crippen molar-refractivity contribution in [3.8, 4) is 27.9 Å². The molecule has 0 bridgehead atoms. The second-order valence-electron chi connectivity index (χ2n) is 11.1. The second kappa shape index (κ2) is 8.95. The molecule has 2 heterocycles. The van der Waals surface area contributed by atoms with Gasteiger partial charge < -0.3 is 9.55 Å². The van der Waals surface area contributed by atoms with Crippen LogP contribution < -0.4 is 0 Å². The summed E-state index contributed by atoms with van der Waals surface area (Å²) < 4.78 is 2.36. The molecular weight excluding hydrogens is 508 g/mol. The predicted molar refractivity (Wildman–Crippen MR) is 179 cm³/mol. The smallest absolute Gasteiger partial charge is 0.0541 e. The van der Waals surface area contributed by atoms with Crippen molar-refractivity contribution in [2.75, 3.05) is 0 Å². The maximum absolute atomic E-state index is 3.66. The van der Waals surface area contributed by atoms with Gasteiger partial charge in [0, 0.05) is 38.3 Å². The highest BCUT2D eigenvalue weighted by Gasteiger charge is 2.15. The van der Waals surface area contributed by atoms with Crippen LogP contribution in [0.4, 0.5) is 0 Å². The molecular formula is C40H26N2. The number of aromatic nitrogens is 2. The highest BCUT2D eigenvalue weighted by atomic mass is 15.0. The number of nitrogens with zero attached hydrogens (tertiary/aromatic N) is 1. The first kappa shape index (κ1) is 23.1. The molecule has 42 heavy (non-hydrogen) atoms. The standard InChI is InChI=1S/C40H26N2/c1-2-10-29(11-3-1)42-38-17-9-7-13-31(38)35-24-28(22-23-39(35)42)26-18-20-27(21-19-26)34-25-37-40(32-14-5-4-12-30(32)34)33-15-6-8-16-36(33)41-37/h1-25,41H. The van der Waals surface area contributed by atoms with E-state index < -0.39 is 0 Å². The summed E-state index contributed by atoms with van der Waals surface area (Å²) >= 11 is 0. The Balaban J connectivity index is 1.18. The predicted octanol–water partition coefficient (Wildman–Crippen LogP) is 10.9. The Kier molecular flexibility index (Phi) is 4.93. The summed E-state index contributed by atoms with van der Waals surface area (Å²) in [6.07, 6.45) is 0. The normalized spacial score (nSPS) is 11.8. The molecule has 2 aromatic heterocycles. The largest absolute Gasteiger partial charge is 0.354 e. The molecule has 0 aliphatic carbocycles. The van der Waals surface area contributed by atoms with Gasteiger partial charge in [0.05, 0.1) is 11.0 Å². The molecule has 0 saturated carbocycles. The minimum Gasteiger partial charge on any atom is -0.354 e. The molecule has 0 amide bonds. The van der Waals surface area contributed by atoms with Gasteiger partial charge in [-0.3, -0.25) is 0 Å². The van der Waals surface area contributed by atoms with E-state index in [9.17, 15) is 0 Å². The molecule has 0 spiro atoms. The van der Waals surface area contributed by atoms with Crippen LogP contribution in [-0.4, -0.2) is 9.55 Å². The van der Waals surface area contributed by atoms with Crippen LogP contribution in [0.3, 0.4) is 0 Å². The lowest BCUT2D eigenvalue weighted by atomic mass is 9.93. The van der Waals surface area contributed by atoms with Gasteiger partial charge in [0.15, 0.2) is 0 Å². The van der Waals surface area contributed by atoms with Gasteiger partial charge in [-0.15, -0.1) is 0 Å². The molecule has 9 aromatic rings. The maximum Gasteiger partial charge on any atom is 0.0541 e. The minimum absolute atomic E-state index is 1.18. The van der Waals surface area contributed by atoms with Gasteiger partial charge in [-0.05, 0) is 75.5 Å². The van der Waals surface area contributed by atoms with Crippen LogP contribution in [0.5, 0.6) is 0 Å². The average molecular weight is 535 g/mol. The summed E-state index contributed by atoms with van der Waals surface area (Å²) in [7, 11) is 0. The summed E-state index contributed by atoms with van der Waals surface area (Å²) in [4.78, 5) is 3.66. The van der Waals surface area contributed by atoms with Gasteiger partial charge >= 0.3 is 0 Å². The van der Waals surface area contributed by atoms with Crippen molar-refractivity contribution in [1.29, 1.82) is 0 Å². The summed E-state index contributed by atoms with van der Waals surface area (Å²) in [6, 6.07) is 54.9. The first-order valence-corrected chi connectivity index (χ1v) is 14.5. The Morgan fingerprint density at radius 2 is 1.00 bits per heavy atom. The first-order chi connectivity index (χ1) is 20.8. The zero-order valence-corrected chi connectivity index (χ0v) is 22.9. The molecule has 1 N–H and O–H groups in total. The fourth-order valence-corrected chi connectivity index (χ4v) is 6.81. The number of nitrogens with one attached hydrogen (secondary N) is 1. The SMILES string of the molecule is c1ccc(-n2c3ccccc3c3cc(-c4ccc(-c5cc6[nH]c7ccccc7c6c6ccccc56)cc4)ccc32)cc1. The summed E-state index contributed by atoms with van der Waals surface area (Å²) in [5, 5.41) is 7.67. The van der Waals surface area contributed by atoms with E-state index >= 15 is 0 Å². The van der Waals surface area contributed by atoms with E-state index in [0.717, 1.165) is 0 Å². The van der Waals surface area contributed by atoms with Gasteiger partial charge in [0.1, 0.15) is 0 Å². The van der Waals surface area contributed by atoms with Crippen LogP contribution >= 0.6 is 0 Å². The summed E-state index contributed by atoms with van der Waals surface area (Å²) in [5.41, 5.74) is 10.9. The lowest BCUT2D eigenvalue weighted by molar-refractivity contribution is 1.18. The van der Waals surface area contributed by atoms with Crippen LogP contribution in [-0.2, 0) is 0 Å². The maximum atomic E-state index is 3.66. The van der Waals surface area contributed by atoms with Crippen LogP contribution in [0.15, 0.2) is 152 Å². The highest BCUT2D eigenvalue weighted by molar-refractivity contribution is 6.23. The Bertz CT molecular complexity index is 2440. The van der Waals surface area contributed by atoms with E-state index in [-0.39, 0.29) is 0 Å². The van der Waals surface area contributed by atoms with Crippen LogP contribution in [0.2, 0.25) is 0 Å². The van der Waals surface area contributed by atoms with Crippen molar-refractivity contribution >= 4 is 54.4 Å². The van der Waals surface area contributed by atoms with Crippen LogP contribution in [0, 0.1) is 0 Å². The molecule has 0 fully saturated rings. The molecule has 0 aliphatic heterocycles. The molecule has 0 aliphatic rings. The van der Waals surface area contributed by atoms with Gasteiger partial charge in [0.25, 0.3) is 0 Å². The quantitative estimate of drug-likeness (QED) is 0.233. The Labute approximate surface area is 243 Å². The summed E-state index contributed by atoms with van der Waals surface area (Å²) in [6.45, 7) is 0. The van der Waals surface area contributed by atoms with Crippen LogP contribution in [0.25, 0.3) is 82.3 Å². The van der Waals surface area contributed by atoms with Gasteiger partial charge in [-0.25, -0.2) is 0 Å². The number of benzene rings is 7. The number of para-hydroxylation sites is 3. The Morgan fingerprint density at radius 1 is 0.381 bits per heavy atom. The highest BCUT2D eigenvalue weighted by Crippen LogP contribution is 2.39. The van der Waals surface area contributed by atoms with E-state index in [2.05, 4.69) is 161 Å². The van der Waals surface area contributed by atoms with Crippen molar-refractivity contribution in [2.24, 2.45) is 0 Å². The third kappa shape index (κ3) is 3.39. The molecule has 2 heteroatoms. The molecule has 0 saturated heterocycles. The number of fused-ring (bicyclic) bond motifs is 8. The molecule has 0 radical (unpaired) electrons. The Morgan fingerprint density at radius 3 is 1.83 bits per heavy atom. The zero-order valence-electron chi connectivity index (χ0n) is 22.9. The van der Waals surface area contributed by atoms with E-state index in [1.54, 1.807) is 0 Å². The minimum atomic E-state index is 1.18.